The minimum absolute atomic E-state index is 0.269. The van der Waals surface area contributed by atoms with E-state index in [0.29, 0.717) is 0 Å². The molecule has 0 bridgehead atoms. The van der Waals surface area contributed by atoms with Crippen molar-refractivity contribution in [3.8, 4) is 0 Å². The van der Waals surface area contributed by atoms with Crippen LogP contribution in [0.25, 0.3) is 11.1 Å². The summed E-state index contributed by atoms with van der Waals surface area (Å²) < 4.78 is 0. The monoisotopic (exact) mass is 330 g/mol. The van der Waals surface area contributed by atoms with Gasteiger partial charge in [-0.05, 0) is 66.9 Å². The molecule has 2 aromatic carbocycles. The maximum absolute atomic E-state index is 11.2. The van der Waals surface area contributed by atoms with Crippen molar-refractivity contribution in [3.05, 3.63) is 83.9 Å². The molecule has 2 aliphatic carbocycles. The first kappa shape index (κ1) is 17.4. The van der Waals surface area contributed by atoms with E-state index in [1.807, 2.05) is 18.2 Å². The first-order chi connectivity index (χ1) is 12.3. The molecular weight excluding hydrogens is 304 g/mol. The van der Waals surface area contributed by atoms with E-state index in [1.54, 1.807) is 11.6 Å². The Morgan fingerprint density at radius 3 is 1.76 bits per heavy atom. The van der Waals surface area contributed by atoms with Crippen molar-refractivity contribution < 1.29 is 4.79 Å². The summed E-state index contributed by atoms with van der Waals surface area (Å²) in [7, 11) is 0. The molecule has 0 heterocycles. The minimum Gasteiger partial charge on any atom is -0.295 e. The van der Waals surface area contributed by atoms with Crippen LogP contribution in [0.5, 0.6) is 0 Å². The predicted octanol–water partition coefficient (Wildman–Crippen LogP) is 6.47. The van der Waals surface area contributed by atoms with Gasteiger partial charge in [-0.1, -0.05) is 66.7 Å². The van der Waals surface area contributed by atoms with E-state index < -0.39 is 0 Å². The van der Waals surface area contributed by atoms with Gasteiger partial charge in [-0.3, -0.25) is 4.79 Å². The first-order valence-corrected chi connectivity index (χ1v) is 9.36. The molecule has 0 unspecified atom stereocenters. The van der Waals surface area contributed by atoms with E-state index in [-0.39, 0.29) is 5.78 Å². The summed E-state index contributed by atoms with van der Waals surface area (Å²) in [6, 6.07) is 20.9. The number of hydrogen-bond acceptors (Lipinski definition) is 1. The van der Waals surface area contributed by atoms with Gasteiger partial charge in [0.05, 0.1) is 0 Å². The largest absolute Gasteiger partial charge is 0.295 e. The second-order valence-corrected chi connectivity index (χ2v) is 6.70. The number of allylic oxidation sites excluding steroid dienone is 4. The van der Waals surface area contributed by atoms with Crippen LogP contribution in [-0.2, 0) is 4.79 Å². The van der Waals surface area contributed by atoms with Gasteiger partial charge in [-0.25, -0.2) is 0 Å². The van der Waals surface area contributed by atoms with Crippen LogP contribution in [0.2, 0.25) is 0 Å². The van der Waals surface area contributed by atoms with E-state index in [2.05, 4.69) is 48.5 Å². The molecule has 2 aliphatic rings. The normalized spacial score (nSPS) is 17.0. The number of ketones is 1. The molecule has 0 saturated carbocycles. The lowest BCUT2D eigenvalue weighted by molar-refractivity contribution is -0.114. The van der Waals surface area contributed by atoms with E-state index in [4.69, 9.17) is 0 Å². The second kappa shape index (κ2) is 9.17. The highest BCUT2D eigenvalue weighted by atomic mass is 16.1. The van der Waals surface area contributed by atoms with E-state index in [0.717, 1.165) is 19.3 Å². The van der Waals surface area contributed by atoms with Crippen molar-refractivity contribution in [1.29, 1.82) is 0 Å². The SMILES string of the molecule is C1=C(c2ccccc2)CCCC1.O=C1C=C(c2ccccc2)CCC1. The zero-order valence-electron chi connectivity index (χ0n) is 14.8. The molecule has 0 aromatic heterocycles. The molecule has 0 N–H and O–H groups in total. The van der Waals surface area contributed by atoms with Gasteiger partial charge in [0.1, 0.15) is 0 Å². The highest BCUT2D eigenvalue weighted by Crippen LogP contribution is 2.26. The molecule has 25 heavy (non-hydrogen) atoms. The smallest absolute Gasteiger partial charge is 0.155 e. The van der Waals surface area contributed by atoms with Crippen LogP contribution in [-0.4, -0.2) is 5.78 Å². The molecule has 0 radical (unpaired) electrons. The number of hydrogen-bond donors (Lipinski definition) is 0. The molecule has 1 heteroatoms. The summed E-state index contributed by atoms with van der Waals surface area (Å²) in [5.74, 6) is 0.269. The summed E-state index contributed by atoms with van der Waals surface area (Å²) in [4.78, 5) is 11.2. The summed E-state index contributed by atoms with van der Waals surface area (Å²) in [6.45, 7) is 0. The van der Waals surface area contributed by atoms with Crippen molar-refractivity contribution in [2.75, 3.05) is 0 Å². The van der Waals surface area contributed by atoms with E-state index in [9.17, 15) is 4.79 Å². The Bertz CT molecular complexity index is 738. The highest BCUT2D eigenvalue weighted by Gasteiger charge is 2.10. The Morgan fingerprint density at radius 1 is 0.600 bits per heavy atom. The number of benzene rings is 2. The summed E-state index contributed by atoms with van der Waals surface area (Å²) >= 11 is 0. The van der Waals surface area contributed by atoms with Crippen molar-refractivity contribution in [3.63, 3.8) is 0 Å². The van der Waals surface area contributed by atoms with Gasteiger partial charge in [0.15, 0.2) is 5.78 Å². The van der Waals surface area contributed by atoms with Crippen molar-refractivity contribution in [1.82, 2.24) is 0 Å². The lowest BCUT2D eigenvalue weighted by atomic mass is 9.93. The number of carbonyl (C=O) groups excluding carboxylic acids is 1. The van der Waals surface area contributed by atoms with Crippen molar-refractivity contribution in [2.24, 2.45) is 0 Å². The maximum Gasteiger partial charge on any atom is 0.155 e. The van der Waals surface area contributed by atoms with Crippen LogP contribution in [0.3, 0.4) is 0 Å². The molecule has 0 saturated heterocycles. The third kappa shape index (κ3) is 5.29. The Balaban J connectivity index is 0.000000146. The molecule has 0 atom stereocenters. The van der Waals surface area contributed by atoms with Crippen molar-refractivity contribution >= 4 is 16.9 Å². The molecule has 128 valence electrons. The average molecular weight is 330 g/mol. The number of carbonyl (C=O) groups is 1. The zero-order valence-corrected chi connectivity index (χ0v) is 14.8. The van der Waals surface area contributed by atoms with Gasteiger partial charge >= 0.3 is 0 Å². The van der Waals surface area contributed by atoms with Crippen LogP contribution in [0.4, 0.5) is 0 Å². The van der Waals surface area contributed by atoms with Gasteiger partial charge < -0.3 is 0 Å². The van der Waals surface area contributed by atoms with Crippen LogP contribution >= 0.6 is 0 Å². The van der Waals surface area contributed by atoms with Crippen LogP contribution in [0.1, 0.15) is 56.1 Å². The predicted molar refractivity (Wildman–Crippen MR) is 106 cm³/mol. The minimum atomic E-state index is 0.269. The Hall–Kier alpha value is -2.41. The lowest BCUT2D eigenvalue weighted by Crippen LogP contribution is -2.01. The third-order valence-electron chi connectivity index (χ3n) is 4.78. The van der Waals surface area contributed by atoms with Crippen LogP contribution < -0.4 is 0 Å². The molecule has 1 nitrogen and oxygen atoms in total. The van der Waals surface area contributed by atoms with E-state index in [1.165, 1.54) is 42.4 Å². The fourth-order valence-corrected chi connectivity index (χ4v) is 3.42. The van der Waals surface area contributed by atoms with Crippen molar-refractivity contribution in [2.45, 2.75) is 44.9 Å². The maximum atomic E-state index is 11.2. The van der Waals surface area contributed by atoms with Crippen LogP contribution in [0, 0.1) is 0 Å². The molecule has 2 aromatic rings. The molecule has 4 rings (SSSR count). The Kier molecular flexibility index (Phi) is 6.39. The first-order valence-electron chi connectivity index (χ1n) is 9.36. The standard InChI is InChI=1S/C12H12O.C12H14/c13-12-8-4-7-11(9-12)10-5-2-1-3-6-10;1-3-7-11(8-4-1)12-9-5-2-6-10-12/h1-3,5-6,9H,4,7-8H2;1,3-4,7-9H,2,5-6,10H2. The Labute approximate surface area is 151 Å². The quantitative estimate of drug-likeness (QED) is 0.617. The van der Waals surface area contributed by atoms with Gasteiger partial charge in [-0.15, -0.1) is 0 Å². The second-order valence-electron chi connectivity index (χ2n) is 6.70. The fourth-order valence-electron chi connectivity index (χ4n) is 3.42. The van der Waals surface area contributed by atoms with E-state index >= 15 is 0 Å². The molecular formula is C24H26O. The molecule has 0 amide bonds. The fraction of sp³-hybridized carbons (Fsp3) is 0.292. The summed E-state index contributed by atoms with van der Waals surface area (Å²) in [5.41, 5.74) is 5.34. The Morgan fingerprint density at radius 2 is 1.20 bits per heavy atom. The third-order valence-corrected chi connectivity index (χ3v) is 4.78. The van der Waals surface area contributed by atoms with Gasteiger partial charge in [0.25, 0.3) is 0 Å². The summed E-state index contributed by atoms with van der Waals surface area (Å²) in [6.07, 6.45) is 12.2. The van der Waals surface area contributed by atoms with Gasteiger partial charge in [0.2, 0.25) is 0 Å². The molecule has 0 fully saturated rings. The van der Waals surface area contributed by atoms with Gasteiger partial charge in [0, 0.05) is 6.42 Å². The molecule has 0 spiro atoms. The highest BCUT2D eigenvalue weighted by molar-refractivity contribution is 5.98. The average Bonchev–Trinajstić information content (AvgIpc) is 2.71. The molecule has 0 aliphatic heterocycles. The zero-order chi connectivity index (χ0) is 17.3. The summed E-state index contributed by atoms with van der Waals surface area (Å²) in [5, 5.41) is 0. The lowest BCUT2D eigenvalue weighted by Gasteiger charge is -2.12. The topological polar surface area (TPSA) is 17.1 Å². The van der Waals surface area contributed by atoms with Gasteiger partial charge in [-0.2, -0.15) is 0 Å². The van der Waals surface area contributed by atoms with Crippen LogP contribution in [0.15, 0.2) is 72.8 Å². The number of rotatable bonds is 2.